The first-order chi connectivity index (χ1) is 14.8. The SMILES string of the molecule is O=C1CCCC[C@@H]1Sc1nnc(Cc2cccc3ccccc23)n1C1CCCCC1. The Labute approximate surface area is 182 Å². The number of hydrogen-bond donors (Lipinski definition) is 0. The standard InChI is InChI=1S/C25H29N3OS/c29-22-15-6-7-16-23(22)30-25-27-26-24(28(25)20-12-2-1-3-13-20)17-19-11-8-10-18-9-4-5-14-21(18)19/h4-5,8-11,14,20,23H,1-3,6-7,12-13,15-17H2/t23-/m0/s1. The first-order valence-electron chi connectivity index (χ1n) is 11.4. The van der Waals surface area contributed by atoms with E-state index in [1.54, 1.807) is 11.8 Å². The zero-order chi connectivity index (χ0) is 20.3. The summed E-state index contributed by atoms with van der Waals surface area (Å²) in [5.41, 5.74) is 1.29. The number of benzene rings is 2. The van der Waals surface area contributed by atoms with Crippen molar-refractivity contribution in [3.8, 4) is 0 Å². The van der Waals surface area contributed by atoms with Crippen LogP contribution in [-0.2, 0) is 11.2 Å². The van der Waals surface area contributed by atoms with E-state index in [-0.39, 0.29) is 5.25 Å². The molecule has 3 aromatic rings. The normalized spacial score (nSPS) is 20.7. The average molecular weight is 420 g/mol. The van der Waals surface area contributed by atoms with Gasteiger partial charge in [0.05, 0.1) is 5.25 Å². The first kappa shape index (κ1) is 19.8. The quantitative estimate of drug-likeness (QED) is 0.499. The van der Waals surface area contributed by atoms with Gasteiger partial charge in [0, 0.05) is 18.9 Å². The second kappa shape index (κ2) is 8.93. The van der Waals surface area contributed by atoms with Gasteiger partial charge >= 0.3 is 0 Å². The number of carbonyl (C=O) groups excluding carboxylic acids is 1. The molecule has 2 saturated carbocycles. The minimum absolute atomic E-state index is 0.0516. The van der Waals surface area contributed by atoms with Crippen LogP contribution in [0.3, 0.4) is 0 Å². The van der Waals surface area contributed by atoms with Gasteiger partial charge in [0.2, 0.25) is 0 Å². The molecular formula is C25H29N3OS. The fourth-order valence-corrected chi connectivity index (χ4v) is 6.28. The molecule has 4 nitrogen and oxygen atoms in total. The fourth-order valence-electron chi connectivity index (χ4n) is 5.03. The zero-order valence-electron chi connectivity index (χ0n) is 17.4. The van der Waals surface area contributed by atoms with E-state index in [4.69, 9.17) is 0 Å². The number of carbonyl (C=O) groups is 1. The van der Waals surface area contributed by atoms with Crippen LogP contribution in [0.1, 0.15) is 75.2 Å². The second-order valence-corrected chi connectivity index (χ2v) is 9.86. The maximum atomic E-state index is 12.5. The molecule has 2 aliphatic carbocycles. The highest BCUT2D eigenvalue weighted by Crippen LogP contribution is 2.37. The number of rotatable bonds is 5. The van der Waals surface area contributed by atoms with Crippen LogP contribution in [0.4, 0.5) is 0 Å². The van der Waals surface area contributed by atoms with Gasteiger partial charge in [-0.1, -0.05) is 79.9 Å². The molecule has 5 rings (SSSR count). The molecule has 0 spiro atoms. The van der Waals surface area contributed by atoms with Crippen molar-refractivity contribution in [1.29, 1.82) is 0 Å². The summed E-state index contributed by atoms with van der Waals surface area (Å²) in [5, 5.41) is 12.8. The van der Waals surface area contributed by atoms with Crippen LogP contribution in [0.25, 0.3) is 10.8 Å². The first-order valence-corrected chi connectivity index (χ1v) is 12.3. The van der Waals surface area contributed by atoms with E-state index in [2.05, 4.69) is 57.2 Å². The molecule has 2 aliphatic rings. The van der Waals surface area contributed by atoms with Crippen molar-refractivity contribution in [2.24, 2.45) is 0 Å². The van der Waals surface area contributed by atoms with Crippen LogP contribution in [0.2, 0.25) is 0 Å². The topological polar surface area (TPSA) is 47.8 Å². The number of thioether (sulfide) groups is 1. The van der Waals surface area contributed by atoms with E-state index >= 15 is 0 Å². The fraction of sp³-hybridized carbons (Fsp3) is 0.480. The third-order valence-corrected chi connectivity index (χ3v) is 7.92. The monoisotopic (exact) mass is 419 g/mol. The predicted molar refractivity (Wildman–Crippen MR) is 122 cm³/mol. The van der Waals surface area contributed by atoms with Crippen LogP contribution in [0.5, 0.6) is 0 Å². The van der Waals surface area contributed by atoms with Crippen molar-refractivity contribution < 1.29 is 4.79 Å². The predicted octanol–water partition coefficient (Wildman–Crippen LogP) is 6.13. The lowest BCUT2D eigenvalue weighted by Crippen LogP contribution is -2.23. The maximum Gasteiger partial charge on any atom is 0.192 e. The average Bonchev–Trinajstić information content (AvgIpc) is 3.18. The minimum atomic E-state index is 0.0516. The Kier molecular flexibility index (Phi) is 5.89. The molecule has 2 fully saturated rings. The molecule has 1 heterocycles. The Morgan fingerprint density at radius 3 is 2.57 bits per heavy atom. The largest absolute Gasteiger partial charge is 0.303 e. The summed E-state index contributed by atoms with van der Waals surface area (Å²) >= 11 is 1.67. The molecule has 5 heteroatoms. The molecule has 156 valence electrons. The van der Waals surface area contributed by atoms with E-state index in [0.717, 1.165) is 43.1 Å². The zero-order valence-corrected chi connectivity index (χ0v) is 18.2. The third kappa shape index (κ3) is 4.04. The minimum Gasteiger partial charge on any atom is -0.303 e. The van der Waals surface area contributed by atoms with Crippen LogP contribution in [-0.4, -0.2) is 25.8 Å². The summed E-state index contributed by atoms with van der Waals surface area (Å²) in [5.74, 6) is 1.43. The summed E-state index contributed by atoms with van der Waals surface area (Å²) in [6.07, 6.45) is 10.9. The summed E-state index contributed by atoms with van der Waals surface area (Å²) in [7, 11) is 0. The molecule has 0 aliphatic heterocycles. The van der Waals surface area contributed by atoms with Gasteiger partial charge in [-0.2, -0.15) is 0 Å². The van der Waals surface area contributed by atoms with Gasteiger partial charge in [-0.15, -0.1) is 10.2 Å². The lowest BCUT2D eigenvalue weighted by Gasteiger charge is -2.27. The molecule has 0 bridgehead atoms. The molecule has 0 saturated heterocycles. The van der Waals surface area contributed by atoms with Crippen molar-refractivity contribution in [3.63, 3.8) is 0 Å². The molecule has 0 unspecified atom stereocenters. The number of aromatic nitrogens is 3. The van der Waals surface area contributed by atoms with E-state index in [1.165, 1.54) is 48.4 Å². The summed E-state index contributed by atoms with van der Waals surface area (Å²) in [4.78, 5) is 12.5. The van der Waals surface area contributed by atoms with E-state index in [1.807, 2.05) is 0 Å². The third-order valence-electron chi connectivity index (χ3n) is 6.65. The van der Waals surface area contributed by atoms with Gasteiger partial charge in [-0.25, -0.2) is 0 Å². The highest BCUT2D eigenvalue weighted by atomic mass is 32.2. The lowest BCUT2D eigenvalue weighted by molar-refractivity contribution is -0.119. The van der Waals surface area contributed by atoms with Gasteiger partial charge in [-0.3, -0.25) is 4.79 Å². The van der Waals surface area contributed by atoms with Gasteiger partial charge in [0.1, 0.15) is 11.6 Å². The Hall–Kier alpha value is -2.14. The molecule has 0 N–H and O–H groups in total. The van der Waals surface area contributed by atoms with E-state index < -0.39 is 0 Å². The summed E-state index contributed by atoms with van der Waals surface area (Å²) < 4.78 is 2.40. The number of fused-ring (bicyclic) bond motifs is 1. The molecule has 2 aromatic carbocycles. The Bertz CT molecular complexity index is 1030. The molecule has 0 radical (unpaired) electrons. The Morgan fingerprint density at radius 2 is 1.70 bits per heavy atom. The van der Waals surface area contributed by atoms with Crippen LogP contribution in [0, 0.1) is 0 Å². The van der Waals surface area contributed by atoms with Gasteiger partial charge in [0.15, 0.2) is 5.16 Å². The van der Waals surface area contributed by atoms with Gasteiger partial charge in [0.25, 0.3) is 0 Å². The van der Waals surface area contributed by atoms with Gasteiger partial charge < -0.3 is 4.57 Å². The molecule has 1 atom stereocenters. The molecule has 30 heavy (non-hydrogen) atoms. The van der Waals surface area contributed by atoms with E-state index in [0.29, 0.717) is 11.8 Å². The lowest BCUT2D eigenvalue weighted by atomic mass is 9.95. The Morgan fingerprint density at radius 1 is 0.900 bits per heavy atom. The van der Waals surface area contributed by atoms with Crippen molar-refractivity contribution in [1.82, 2.24) is 14.8 Å². The van der Waals surface area contributed by atoms with Crippen molar-refractivity contribution in [2.75, 3.05) is 0 Å². The molecular weight excluding hydrogens is 390 g/mol. The van der Waals surface area contributed by atoms with Crippen LogP contribution in [0.15, 0.2) is 47.6 Å². The number of hydrogen-bond acceptors (Lipinski definition) is 4. The van der Waals surface area contributed by atoms with Crippen LogP contribution >= 0.6 is 11.8 Å². The number of Topliss-reactive ketones (excluding diaryl/α,β-unsaturated/α-hetero) is 1. The van der Waals surface area contributed by atoms with E-state index in [9.17, 15) is 4.79 Å². The highest BCUT2D eigenvalue weighted by Gasteiger charge is 2.29. The maximum absolute atomic E-state index is 12.5. The second-order valence-electron chi connectivity index (χ2n) is 8.69. The van der Waals surface area contributed by atoms with Crippen molar-refractivity contribution in [2.45, 2.75) is 80.7 Å². The number of ketones is 1. The van der Waals surface area contributed by atoms with Crippen LogP contribution < -0.4 is 0 Å². The summed E-state index contributed by atoms with van der Waals surface area (Å²) in [6.45, 7) is 0. The van der Waals surface area contributed by atoms with Crippen molar-refractivity contribution in [3.05, 3.63) is 53.9 Å². The highest BCUT2D eigenvalue weighted by molar-refractivity contribution is 8.00. The molecule has 0 amide bonds. The Balaban J connectivity index is 1.49. The van der Waals surface area contributed by atoms with Crippen molar-refractivity contribution >= 4 is 28.3 Å². The summed E-state index contributed by atoms with van der Waals surface area (Å²) in [6, 6.07) is 15.5. The van der Waals surface area contributed by atoms with Gasteiger partial charge in [-0.05, 0) is 42.0 Å². The smallest absolute Gasteiger partial charge is 0.192 e. The number of nitrogens with zero attached hydrogens (tertiary/aromatic N) is 3. The molecule has 1 aromatic heterocycles.